The van der Waals surface area contributed by atoms with E-state index >= 15 is 0 Å². The standard InChI is InChI=1S/C14H16Cl2N2O/c1-8-5-9(2)13(10(3)6-8)19-14-17-11(4)7-12(15)18(14)16/h5-7,12H,1-4H3. The number of amidine groups is 1. The van der Waals surface area contributed by atoms with Crippen LogP contribution in [0.25, 0.3) is 0 Å². The molecule has 1 aliphatic heterocycles. The number of allylic oxidation sites excluding steroid dienone is 1. The van der Waals surface area contributed by atoms with Gasteiger partial charge >= 0.3 is 6.02 Å². The van der Waals surface area contributed by atoms with E-state index in [1.165, 1.54) is 9.98 Å². The third kappa shape index (κ3) is 3.04. The molecule has 0 amide bonds. The Hall–Kier alpha value is -1.19. The fourth-order valence-electron chi connectivity index (χ4n) is 2.09. The van der Waals surface area contributed by atoms with Gasteiger partial charge in [-0.3, -0.25) is 0 Å². The molecule has 0 N–H and O–H groups in total. The van der Waals surface area contributed by atoms with Gasteiger partial charge in [0.1, 0.15) is 11.3 Å². The van der Waals surface area contributed by atoms with E-state index in [0.29, 0.717) is 6.02 Å². The molecule has 5 heteroatoms. The lowest BCUT2D eigenvalue weighted by Gasteiger charge is -2.25. The molecule has 102 valence electrons. The largest absolute Gasteiger partial charge is 0.424 e. The summed E-state index contributed by atoms with van der Waals surface area (Å²) in [6.07, 6.45) is 1.76. The van der Waals surface area contributed by atoms with Gasteiger partial charge in [0, 0.05) is 17.5 Å². The van der Waals surface area contributed by atoms with Crippen molar-refractivity contribution >= 4 is 29.4 Å². The molecule has 0 aliphatic carbocycles. The lowest BCUT2D eigenvalue weighted by atomic mass is 10.1. The Labute approximate surface area is 123 Å². The van der Waals surface area contributed by atoms with Gasteiger partial charge in [0.2, 0.25) is 0 Å². The second-order valence-corrected chi connectivity index (χ2v) is 5.53. The van der Waals surface area contributed by atoms with Crippen molar-refractivity contribution in [3.63, 3.8) is 0 Å². The zero-order valence-corrected chi connectivity index (χ0v) is 12.9. The van der Waals surface area contributed by atoms with Gasteiger partial charge in [-0.2, -0.15) is 0 Å². The average molecular weight is 299 g/mol. The van der Waals surface area contributed by atoms with Crippen molar-refractivity contribution in [2.75, 3.05) is 0 Å². The van der Waals surface area contributed by atoms with E-state index in [0.717, 1.165) is 22.6 Å². The first kappa shape index (κ1) is 14.2. The molecule has 0 fully saturated rings. The maximum absolute atomic E-state index is 6.09. The number of halogens is 2. The lowest BCUT2D eigenvalue weighted by Crippen LogP contribution is -2.34. The molecule has 2 rings (SSSR count). The zero-order chi connectivity index (χ0) is 14.2. The van der Waals surface area contributed by atoms with E-state index < -0.39 is 5.50 Å². The van der Waals surface area contributed by atoms with Crippen LogP contribution in [0.2, 0.25) is 0 Å². The first-order valence-corrected chi connectivity index (χ1v) is 6.78. The van der Waals surface area contributed by atoms with Gasteiger partial charge in [-0.25, -0.2) is 9.41 Å². The summed E-state index contributed by atoms with van der Waals surface area (Å²) in [6.45, 7) is 7.91. The first-order valence-electron chi connectivity index (χ1n) is 6.00. The highest BCUT2D eigenvalue weighted by Crippen LogP contribution is 2.28. The Balaban J connectivity index is 2.34. The van der Waals surface area contributed by atoms with Gasteiger partial charge in [0.15, 0.2) is 0 Å². The van der Waals surface area contributed by atoms with Crippen LogP contribution in [0.15, 0.2) is 28.9 Å². The van der Waals surface area contributed by atoms with Crippen molar-refractivity contribution in [3.05, 3.63) is 40.6 Å². The van der Waals surface area contributed by atoms with Gasteiger partial charge in [-0.1, -0.05) is 29.3 Å². The number of hydrogen-bond acceptors (Lipinski definition) is 3. The molecule has 0 saturated carbocycles. The van der Waals surface area contributed by atoms with Crippen molar-refractivity contribution in [3.8, 4) is 5.75 Å². The Bertz CT molecular complexity index is 544. The molecule has 1 aromatic rings. The maximum Gasteiger partial charge on any atom is 0.314 e. The SMILES string of the molecule is CC1=CC(Cl)N(Cl)C(Oc2c(C)cc(C)cc2C)=N1. The Kier molecular flexibility index (Phi) is 4.07. The number of benzene rings is 1. The van der Waals surface area contributed by atoms with E-state index in [1.807, 2.05) is 20.8 Å². The van der Waals surface area contributed by atoms with Crippen molar-refractivity contribution < 1.29 is 4.74 Å². The van der Waals surface area contributed by atoms with Crippen LogP contribution in [0.4, 0.5) is 0 Å². The normalized spacial score (nSPS) is 19.1. The Morgan fingerprint density at radius 3 is 2.32 bits per heavy atom. The predicted octanol–water partition coefficient (Wildman–Crippen LogP) is 4.28. The van der Waals surface area contributed by atoms with Crippen LogP contribution < -0.4 is 4.74 Å². The number of nitrogens with zero attached hydrogens (tertiary/aromatic N) is 2. The maximum atomic E-state index is 6.09. The molecule has 0 bridgehead atoms. The van der Waals surface area contributed by atoms with Crippen LogP contribution in [0.3, 0.4) is 0 Å². The van der Waals surface area contributed by atoms with Gasteiger partial charge in [0.05, 0.1) is 0 Å². The lowest BCUT2D eigenvalue weighted by molar-refractivity contribution is 0.445. The van der Waals surface area contributed by atoms with E-state index in [1.54, 1.807) is 6.08 Å². The summed E-state index contributed by atoms with van der Waals surface area (Å²) in [6, 6.07) is 4.42. The Morgan fingerprint density at radius 1 is 1.16 bits per heavy atom. The van der Waals surface area contributed by atoms with Crippen molar-refractivity contribution in [1.29, 1.82) is 0 Å². The summed E-state index contributed by atoms with van der Waals surface area (Å²) in [4.78, 5) is 4.28. The van der Waals surface area contributed by atoms with Gasteiger partial charge < -0.3 is 4.74 Å². The minimum Gasteiger partial charge on any atom is -0.424 e. The second-order valence-electron chi connectivity index (χ2n) is 4.72. The van der Waals surface area contributed by atoms with E-state index in [-0.39, 0.29) is 0 Å². The summed E-state index contributed by atoms with van der Waals surface area (Å²) in [5, 5.41) is 0. The third-order valence-corrected chi connectivity index (χ3v) is 3.62. The molecule has 1 aromatic carbocycles. The molecular formula is C14H16Cl2N2O. The third-order valence-electron chi connectivity index (χ3n) is 2.85. The summed E-state index contributed by atoms with van der Waals surface area (Å²) in [5.41, 5.74) is 3.61. The highest BCUT2D eigenvalue weighted by atomic mass is 35.5. The molecule has 0 spiro atoms. The van der Waals surface area contributed by atoms with E-state index in [2.05, 4.69) is 24.0 Å². The van der Waals surface area contributed by atoms with Crippen LogP contribution in [-0.2, 0) is 0 Å². The molecule has 3 nitrogen and oxygen atoms in total. The molecule has 0 aromatic heterocycles. The zero-order valence-electron chi connectivity index (χ0n) is 11.4. The van der Waals surface area contributed by atoms with Crippen LogP contribution in [0, 0.1) is 20.8 Å². The number of hydrogen-bond donors (Lipinski definition) is 0. The molecule has 1 unspecified atom stereocenters. The summed E-state index contributed by atoms with van der Waals surface area (Å²) in [7, 11) is 0. The first-order chi connectivity index (χ1) is 8.88. The molecule has 0 saturated heterocycles. The quantitative estimate of drug-likeness (QED) is 0.439. The van der Waals surface area contributed by atoms with Gasteiger partial charge in [-0.15, -0.1) is 0 Å². The highest BCUT2D eigenvalue weighted by molar-refractivity contribution is 6.30. The second kappa shape index (κ2) is 5.43. The average Bonchev–Trinajstić information content (AvgIpc) is 2.29. The number of rotatable bonds is 1. The van der Waals surface area contributed by atoms with Crippen LogP contribution in [0.5, 0.6) is 5.75 Å². The van der Waals surface area contributed by atoms with Crippen LogP contribution in [0.1, 0.15) is 23.6 Å². The van der Waals surface area contributed by atoms with Crippen molar-refractivity contribution in [2.45, 2.75) is 33.2 Å². The molecule has 19 heavy (non-hydrogen) atoms. The van der Waals surface area contributed by atoms with E-state index in [4.69, 9.17) is 28.1 Å². The molecule has 0 radical (unpaired) electrons. The van der Waals surface area contributed by atoms with Crippen molar-refractivity contribution in [1.82, 2.24) is 4.42 Å². The predicted molar refractivity (Wildman–Crippen MR) is 79.8 cm³/mol. The minimum absolute atomic E-state index is 0.303. The van der Waals surface area contributed by atoms with Crippen LogP contribution in [-0.4, -0.2) is 15.9 Å². The topological polar surface area (TPSA) is 24.8 Å². The molecular weight excluding hydrogens is 283 g/mol. The van der Waals surface area contributed by atoms with Gasteiger partial charge in [-0.05, 0) is 44.9 Å². The smallest absolute Gasteiger partial charge is 0.314 e. The Morgan fingerprint density at radius 2 is 1.74 bits per heavy atom. The monoisotopic (exact) mass is 298 g/mol. The fraction of sp³-hybridized carbons (Fsp3) is 0.357. The summed E-state index contributed by atoms with van der Waals surface area (Å²) < 4.78 is 7.13. The van der Waals surface area contributed by atoms with Gasteiger partial charge in [0.25, 0.3) is 0 Å². The summed E-state index contributed by atoms with van der Waals surface area (Å²) in [5.74, 6) is 0.772. The van der Waals surface area contributed by atoms with Crippen molar-refractivity contribution in [2.24, 2.45) is 4.99 Å². The number of ether oxygens (including phenoxy) is 1. The molecule has 1 atom stereocenters. The number of aryl methyl sites for hydroxylation is 3. The molecule has 1 heterocycles. The van der Waals surface area contributed by atoms with E-state index in [9.17, 15) is 0 Å². The number of alkyl halides is 1. The fourth-order valence-corrected chi connectivity index (χ4v) is 2.49. The molecule has 1 aliphatic rings. The minimum atomic E-state index is -0.458. The summed E-state index contributed by atoms with van der Waals surface area (Å²) >= 11 is 12.2. The van der Waals surface area contributed by atoms with Crippen LogP contribution >= 0.6 is 23.4 Å². The highest BCUT2D eigenvalue weighted by Gasteiger charge is 2.24. The number of aliphatic imine (C=N–C) groups is 1.